The van der Waals surface area contributed by atoms with E-state index in [-0.39, 0.29) is 17.6 Å². The van der Waals surface area contributed by atoms with Crippen LogP contribution in [0.5, 0.6) is 0 Å². The second-order valence-corrected chi connectivity index (χ2v) is 12.4. The van der Waals surface area contributed by atoms with Gasteiger partial charge in [0.15, 0.2) is 0 Å². The van der Waals surface area contributed by atoms with Crippen LogP contribution in [0.25, 0.3) is 11.0 Å². The number of rotatable bonds is 5. The van der Waals surface area contributed by atoms with Crippen LogP contribution in [-0.2, 0) is 10.0 Å². The second-order valence-electron chi connectivity index (χ2n) is 10.4. The minimum absolute atomic E-state index is 0.123. The van der Waals surface area contributed by atoms with Crippen LogP contribution < -0.4 is 10.9 Å². The maximum Gasteiger partial charge on any atom is 0.255 e. The number of piperidine rings is 1. The van der Waals surface area contributed by atoms with Crippen LogP contribution in [0, 0.1) is 5.41 Å². The van der Waals surface area contributed by atoms with Crippen molar-refractivity contribution in [3.05, 3.63) is 28.2 Å². The lowest BCUT2D eigenvalue weighted by atomic mass is 9.99. The first-order valence-electron chi connectivity index (χ1n) is 12.0. The predicted molar refractivity (Wildman–Crippen MR) is 123 cm³/mol. The number of hydrogen-bond donors (Lipinski definition) is 1. The van der Waals surface area contributed by atoms with Crippen molar-refractivity contribution < 1.29 is 8.42 Å². The van der Waals surface area contributed by atoms with Crippen molar-refractivity contribution in [2.45, 2.75) is 75.8 Å². The number of hydrogen-bond acceptors (Lipinski definition) is 6. The quantitative estimate of drug-likeness (QED) is 0.741. The average Bonchev–Trinajstić information content (AvgIpc) is 3.67. The Hall–Kier alpha value is -2.00. The Morgan fingerprint density at radius 2 is 1.84 bits per heavy atom. The van der Waals surface area contributed by atoms with Crippen molar-refractivity contribution in [1.82, 2.24) is 18.8 Å². The first-order valence-corrected chi connectivity index (χ1v) is 13.8. The number of anilines is 1. The van der Waals surface area contributed by atoms with Crippen molar-refractivity contribution in [2.24, 2.45) is 5.41 Å². The molecule has 3 aliphatic carbocycles. The van der Waals surface area contributed by atoms with Gasteiger partial charge >= 0.3 is 0 Å². The summed E-state index contributed by atoms with van der Waals surface area (Å²) in [7, 11) is -3.15. The summed E-state index contributed by atoms with van der Waals surface area (Å²) in [5.41, 5.74) is 2.15. The molecule has 3 heterocycles. The van der Waals surface area contributed by atoms with Crippen molar-refractivity contribution in [3.8, 4) is 0 Å². The first-order chi connectivity index (χ1) is 15.3. The number of nitrogens with zero attached hydrogens (tertiary/aromatic N) is 4. The molecule has 1 aliphatic heterocycles. The summed E-state index contributed by atoms with van der Waals surface area (Å²) in [6, 6.07) is 2.39. The molecule has 2 aromatic rings. The van der Waals surface area contributed by atoms with Crippen molar-refractivity contribution >= 4 is 27.0 Å². The summed E-state index contributed by atoms with van der Waals surface area (Å²) in [4.78, 5) is 23.1. The molecule has 8 nitrogen and oxygen atoms in total. The Balaban J connectivity index is 1.34. The lowest BCUT2D eigenvalue weighted by Gasteiger charge is -2.30. The standard InChI is InChI=1S/C23H31N5O3S/c1-32(30,31)27-11-6-17(7-12-27)25-22-24-14-16-13-18(15-4-5-15)21(29)28(20(16)26-22)19-3-2-8-23(19)9-10-23/h13-15,17,19H,2-12H2,1H3,(H,24,25,26)/t19-/m0/s1. The third-order valence-corrected chi connectivity index (χ3v) is 9.44. The highest BCUT2D eigenvalue weighted by atomic mass is 32.2. The zero-order valence-electron chi connectivity index (χ0n) is 18.6. The average molecular weight is 458 g/mol. The Bertz CT molecular complexity index is 1220. The highest BCUT2D eigenvalue weighted by Gasteiger charge is 2.53. The van der Waals surface area contributed by atoms with Gasteiger partial charge < -0.3 is 5.32 Å². The monoisotopic (exact) mass is 457 g/mol. The molecule has 9 heteroatoms. The van der Waals surface area contributed by atoms with Gasteiger partial charge in [-0.15, -0.1) is 0 Å². The molecule has 1 saturated heterocycles. The molecule has 172 valence electrons. The Labute approximate surface area is 188 Å². The van der Waals surface area contributed by atoms with Crippen LogP contribution in [0.3, 0.4) is 0 Å². The molecule has 0 unspecified atom stereocenters. The van der Waals surface area contributed by atoms with Gasteiger partial charge in [0.1, 0.15) is 5.65 Å². The largest absolute Gasteiger partial charge is 0.351 e. The minimum Gasteiger partial charge on any atom is -0.351 e. The summed E-state index contributed by atoms with van der Waals surface area (Å²) in [5.74, 6) is 0.929. The van der Waals surface area contributed by atoms with E-state index in [1.165, 1.54) is 36.2 Å². The summed E-state index contributed by atoms with van der Waals surface area (Å²) in [6.07, 6.45) is 12.6. The lowest BCUT2D eigenvalue weighted by Crippen LogP contribution is -2.42. The molecule has 0 aromatic carbocycles. The zero-order valence-corrected chi connectivity index (χ0v) is 19.4. The molecule has 6 rings (SSSR count). The molecule has 0 radical (unpaired) electrons. The number of aromatic nitrogens is 3. The molecule has 1 N–H and O–H groups in total. The van der Waals surface area contributed by atoms with Crippen molar-refractivity contribution in [1.29, 1.82) is 0 Å². The van der Waals surface area contributed by atoms with E-state index in [1.54, 1.807) is 0 Å². The van der Waals surface area contributed by atoms with Gasteiger partial charge in [-0.05, 0) is 68.8 Å². The molecule has 32 heavy (non-hydrogen) atoms. The summed E-state index contributed by atoms with van der Waals surface area (Å²) < 4.78 is 27.1. The van der Waals surface area contributed by atoms with E-state index in [2.05, 4.69) is 10.3 Å². The van der Waals surface area contributed by atoms with Crippen molar-refractivity contribution in [3.63, 3.8) is 0 Å². The maximum atomic E-state index is 13.6. The van der Waals surface area contributed by atoms with Crippen LogP contribution in [0.1, 0.15) is 75.3 Å². The van der Waals surface area contributed by atoms with E-state index in [1.807, 2.05) is 16.8 Å². The molecule has 0 bridgehead atoms. The fourth-order valence-electron chi connectivity index (χ4n) is 5.97. The molecule has 4 fully saturated rings. The van der Waals surface area contributed by atoms with Crippen LogP contribution in [0.4, 0.5) is 5.95 Å². The highest BCUT2D eigenvalue weighted by Crippen LogP contribution is 2.63. The number of sulfonamides is 1. The van der Waals surface area contributed by atoms with E-state index in [0.717, 1.165) is 35.9 Å². The van der Waals surface area contributed by atoms with Gasteiger partial charge in [-0.3, -0.25) is 9.36 Å². The van der Waals surface area contributed by atoms with E-state index in [9.17, 15) is 13.2 Å². The van der Waals surface area contributed by atoms with Crippen LogP contribution >= 0.6 is 0 Å². The number of nitrogens with one attached hydrogen (secondary N) is 1. The molecule has 1 spiro atoms. The summed E-state index contributed by atoms with van der Waals surface area (Å²) in [5, 5.41) is 4.36. The lowest BCUT2D eigenvalue weighted by molar-refractivity contribution is 0.331. The van der Waals surface area contributed by atoms with Gasteiger partial charge in [0.25, 0.3) is 5.56 Å². The van der Waals surface area contributed by atoms with Crippen LogP contribution in [-0.4, -0.2) is 52.6 Å². The summed E-state index contributed by atoms with van der Waals surface area (Å²) >= 11 is 0. The molecule has 4 aliphatic rings. The van der Waals surface area contributed by atoms with Gasteiger partial charge in [-0.2, -0.15) is 4.98 Å². The molecular weight excluding hydrogens is 426 g/mol. The van der Waals surface area contributed by atoms with E-state index >= 15 is 0 Å². The van der Waals surface area contributed by atoms with E-state index in [0.29, 0.717) is 43.2 Å². The van der Waals surface area contributed by atoms with Gasteiger partial charge in [0, 0.05) is 42.3 Å². The predicted octanol–water partition coefficient (Wildman–Crippen LogP) is 3.01. The topological polar surface area (TPSA) is 97.2 Å². The van der Waals surface area contributed by atoms with E-state index < -0.39 is 10.0 Å². The molecular formula is C23H31N5O3S. The van der Waals surface area contributed by atoms with Gasteiger partial charge in [0.05, 0.1) is 6.26 Å². The first kappa shape index (κ1) is 20.6. The smallest absolute Gasteiger partial charge is 0.255 e. The van der Waals surface area contributed by atoms with Gasteiger partial charge in [-0.1, -0.05) is 6.42 Å². The highest BCUT2D eigenvalue weighted by molar-refractivity contribution is 7.88. The Morgan fingerprint density at radius 3 is 2.50 bits per heavy atom. The Morgan fingerprint density at radius 1 is 1.09 bits per heavy atom. The van der Waals surface area contributed by atoms with Crippen LogP contribution in [0.2, 0.25) is 0 Å². The van der Waals surface area contributed by atoms with Gasteiger partial charge in [0.2, 0.25) is 16.0 Å². The molecule has 0 amide bonds. The SMILES string of the molecule is CS(=O)(=O)N1CCC(Nc2ncc3cc(C4CC4)c(=O)n([C@H]4CCCC45CC5)c3n2)CC1. The fraction of sp³-hybridized carbons (Fsp3) is 0.696. The Kier molecular flexibility index (Phi) is 4.67. The number of fused-ring (bicyclic) bond motifs is 1. The molecule has 2 aromatic heterocycles. The minimum atomic E-state index is -3.15. The van der Waals surface area contributed by atoms with Crippen LogP contribution in [0.15, 0.2) is 17.1 Å². The fourth-order valence-corrected chi connectivity index (χ4v) is 6.84. The second kappa shape index (κ2) is 7.25. The molecule has 3 saturated carbocycles. The molecule has 1 atom stereocenters. The maximum absolute atomic E-state index is 13.6. The third-order valence-electron chi connectivity index (χ3n) is 8.14. The van der Waals surface area contributed by atoms with Gasteiger partial charge in [-0.25, -0.2) is 17.7 Å². The third kappa shape index (κ3) is 3.53. The normalized spacial score (nSPS) is 26.1. The zero-order chi connectivity index (χ0) is 22.1. The van der Waals surface area contributed by atoms with Crippen molar-refractivity contribution in [2.75, 3.05) is 24.7 Å². The summed E-state index contributed by atoms with van der Waals surface area (Å²) in [6.45, 7) is 1.01. The number of pyridine rings is 1. The van der Waals surface area contributed by atoms with E-state index in [4.69, 9.17) is 4.98 Å².